The van der Waals surface area contributed by atoms with Crippen LogP contribution < -0.4 is 0 Å². The average molecular weight is 281 g/mol. The Morgan fingerprint density at radius 2 is 2.14 bits per heavy atom. The average Bonchev–Trinajstić information content (AvgIpc) is 3.02. The van der Waals surface area contributed by atoms with Gasteiger partial charge in [0, 0.05) is 30.7 Å². The number of fused-ring (bicyclic) bond motifs is 1. The molecule has 110 valence electrons. The highest BCUT2D eigenvalue weighted by Gasteiger charge is 2.30. The number of nitrogens with zero attached hydrogens (tertiary/aromatic N) is 3. The zero-order valence-corrected chi connectivity index (χ0v) is 13.1. The zero-order chi connectivity index (χ0) is 15.0. The number of aromatic nitrogens is 1. The summed E-state index contributed by atoms with van der Waals surface area (Å²) >= 11 is 0. The van der Waals surface area contributed by atoms with Crippen LogP contribution in [-0.2, 0) is 7.05 Å². The maximum atomic E-state index is 9.17. The van der Waals surface area contributed by atoms with Crippen molar-refractivity contribution in [3.8, 4) is 6.07 Å². The Bertz CT molecular complexity index is 690. The summed E-state index contributed by atoms with van der Waals surface area (Å²) in [5.74, 6) is 1.36. The maximum absolute atomic E-state index is 9.17. The molecule has 3 nitrogen and oxygen atoms in total. The molecule has 0 N–H and O–H groups in total. The molecule has 21 heavy (non-hydrogen) atoms. The van der Waals surface area contributed by atoms with Gasteiger partial charge in [-0.3, -0.25) is 0 Å². The van der Waals surface area contributed by atoms with Crippen LogP contribution in [0.4, 0.5) is 0 Å². The predicted octanol–water partition coefficient (Wildman–Crippen LogP) is 3.50. The van der Waals surface area contributed by atoms with Crippen LogP contribution in [0.1, 0.15) is 36.3 Å². The van der Waals surface area contributed by atoms with Gasteiger partial charge in [0.05, 0.1) is 11.6 Å². The van der Waals surface area contributed by atoms with Crippen LogP contribution in [0.25, 0.3) is 10.9 Å². The van der Waals surface area contributed by atoms with Crippen LogP contribution in [-0.4, -0.2) is 30.1 Å². The Labute approximate surface area is 126 Å². The number of hydrogen-bond donors (Lipinski definition) is 0. The molecule has 3 heteroatoms. The molecule has 1 aliphatic rings. The molecule has 3 rings (SSSR count). The van der Waals surface area contributed by atoms with Crippen molar-refractivity contribution >= 4 is 10.9 Å². The second kappa shape index (κ2) is 5.54. The van der Waals surface area contributed by atoms with E-state index >= 15 is 0 Å². The fourth-order valence-electron chi connectivity index (χ4n) is 3.92. The normalized spacial score (nSPS) is 22.0. The van der Waals surface area contributed by atoms with Gasteiger partial charge in [-0.05, 0) is 62.5 Å². The second-order valence-electron chi connectivity index (χ2n) is 6.60. The Hall–Kier alpha value is -1.79. The van der Waals surface area contributed by atoms with E-state index in [-0.39, 0.29) is 0 Å². The van der Waals surface area contributed by atoms with Gasteiger partial charge < -0.3 is 9.47 Å². The first-order chi connectivity index (χ1) is 10.1. The van der Waals surface area contributed by atoms with Gasteiger partial charge in [0.2, 0.25) is 0 Å². The molecule has 2 aromatic rings. The molecule has 1 aromatic carbocycles. The summed E-state index contributed by atoms with van der Waals surface area (Å²) in [5, 5.41) is 10.4. The van der Waals surface area contributed by atoms with Gasteiger partial charge in [0.25, 0.3) is 0 Å². The van der Waals surface area contributed by atoms with E-state index in [0.29, 0.717) is 5.92 Å². The summed E-state index contributed by atoms with van der Waals surface area (Å²) in [4.78, 5) is 2.30. The quantitative estimate of drug-likeness (QED) is 0.862. The van der Waals surface area contributed by atoms with Gasteiger partial charge in [-0.2, -0.15) is 5.26 Å². The molecular formula is C18H23N3. The first-order valence-corrected chi connectivity index (χ1v) is 7.74. The highest BCUT2D eigenvalue weighted by molar-refractivity contribution is 5.86. The lowest BCUT2D eigenvalue weighted by atomic mass is 9.88. The minimum atomic E-state index is 0.630. The predicted molar refractivity (Wildman–Crippen MR) is 86.3 cm³/mol. The van der Waals surface area contributed by atoms with E-state index in [0.717, 1.165) is 18.0 Å². The Morgan fingerprint density at radius 1 is 1.33 bits per heavy atom. The molecule has 1 saturated carbocycles. The summed E-state index contributed by atoms with van der Waals surface area (Å²) < 4.78 is 2.21. The number of aryl methyl sites for hydroxylation is 1. The first-order valence-electron chi connectivity index (χ1n) is 7.74. The standard InChI is InChI=1S/C18H23N3/c1-20(2)11-14-5-4-6-15(14)17-12-21(3)18-8-7-13(10-19)9-16(17)18/h7-9,12,14-15H,4-6,11H2,1-3H3/t14-,15+/m1/s1. The van der Waals surface area contributed by atoms with Gasteiger partial charge in [0.15, 0.2) is 0 Å². The lowest BCUT2D eigenvalue weighted by Crippen LogP contribution is -2.23. The van der Waals surface area contributed by atoms with Crippen LogP contribution in [0.2, 0.25) is 0 Å². The first kappa shape index (κ1) is 14.2. The van der Waals surface area contributed by atoms with Crippen molar-refractivity contribution in [2.75, 3.05) is 20.6 Å². The highest BCUT2D eigenvalue weighted by atomic mass is 15.1. The number of nitriles is 1. The van der Waals surface area contributed by atoms with Gasteiger partial charge in [-0.25, -0.2) is 0 Å². The van der Waals surface area contributed by atoms with Crippen molar-refractivity contribution in [3.05, 3.63) is 35.5 Å². The van der Waals surface area contributed by atoms with Gasteiger partial charge in [-0.1, -0.05) is 6.42 Å². The van der Waals surface area contributed by atoms with Crippen molar-refractivity contribution in [3.63, 3.8) is 0 Å². The topological polar surface area (TPSA) is 32.0 Å². The molecule has 1 aliphatic carbocycles. The minimum absolute atomic E-state index is 0.630. The highest BCUT2D eigenvalue weighted by Crippen LogP contribution is 2.43. The van der Waals surface area contributed by atoms with Gasteiger partial charge in [0.1, 0.15) is 0 Å². The Morgan fingerprint density at radius 3 is 2.86 bits per heavy atom. The summed E-state index contributed by atoms with van der Waals surface area (Å²) in [5.41, 5.74) is 3.44. The van der Waals surface area contributed by atoms with Crippen molar-refractivity contribution in [1.82, 2.24) is 9.47 Å². The largest absolute Gasteiger partial charge is 0.350 e. The number of benzene rings is 1. The number of rotatable bonds is 3. The van der Waals surface area contributed by atoms with E-state index in [1.807, 2.05) is 6.07 Å². The maximum Gasteiger partial charge on any atom is 0.0991 e. The van der Waals surface area contributed by atoms with Gasteiger partial charge in [-0.15, -0.1) is 0 Å². The third-order valence-electron chi connectivity index (χ3n) is 4.81. The van der Waals surface area contributed by atoms with E-state index in [4.69, 9.17) is 5.26 Å². The van der Waals surface area contributed by atoms with E-state index in [9.17, 15) is 0 Å². The number of hydrogen-bond acceptors (Lipinski definition) is 2. The van der Waals surface area contributed by atoms with Crippen LogP contribution >= 0.6 is 0 Å². The Kier molecular flexibility index (Phi) is 3.73. The molecule has 0 unspecified atom stereocenters. The van der Waals surface area contributed by atoms with E-state index in [1.54, 1.807) is 0 Å². The third kappa shape index (κ3) is 2.56. The molecule has 0 aliphatic heterocycles. The Balaban J connectivity index is 2.05. The summed E-state index contributed by atoms with van der Waals surface area (Å²) in [6, 6.07) is 8.33. The van der Waals surface area contributed by atoms with Crippen molar-refractivity contribution in [1.29, 1.82) is 5.26 Å². The molecule has 0 spiro atoms. The zero-order valence-electron chi connectivity index (χ0n) is 13.1. The summed E-state index contributed by atoms with van der Waals surface area (Å²) in [6.07, 6.45) is 6.19. The summed E-state index contributed by atoms with van der Waals surface area (Å²) in [6.45, 7) is 1.15. The second-order valence-corrected chi connectivity index (χ2v) is 6.60. The molecule has 1 heterocycles. The van der Waals surface area contributed by atoms with Crippen LogP contribution in [0.15, 0.2) is 24.4 Å². The van der Waals surface area contributed by atoms with Crippen molar-refractivity contribution < 1.29 is 0 Å². The van der Waals surface area contributed by atoms with Crippen LogP contribution in [0, 0.1) is 17.2 Å². The molecule has 1 aromatic heterocycles. The van der Waals surface area contributed by atoms with E-state index in [2.05, 4.69) is 55.0 Å². The molecule has 0 amide bonds. The van der Waals surface area contributed by atoms with Crippen LogP contribution in [0.3, 0.4) is 0 Å². The third-order valence-corrected chi connectivity index (χ3v) is 4.81. The molecule has 2 atom stereocenters. The SMILES string of the molecule is CN(C)C[C@H]1CCC[C@@H]1c1cn(C)c2ccc(C#N)cc12. The summed E-state index contributed by atoms with van der Waals surface area (Å²) in [7, 11) is 6.42. The molecule has 0 saturated heterocycles. The lowest BCUT2D eigenvalue weighted by Gasteiger charge is -2.23. The molecule has 1 fully saturated rings. The fourth-order valence-corrected chi connectivity index (χ4v) is 3.92. The van der Waals surface area contributed by atoms with Crippen molar-refractivity contribution in [2.45, 2.75) is 25.2 Å². The minimum Gasteiger partial charge on any atom is -0.350 e. The molecular weight excluding hydrogens is 258 g/mol. The van der Waals surface area contributed by atoms with Crippen molar-refractivity contribution in [2.24, 2.45) is 13.0 Å². The molecule has 0 bridgehead atoms. The van der Waals surface area contributed by atoms with E-state index < -0.39 is 0 Å². The van der Waals surface area contributed by atoms with Crippen LogP contribution in [0.5, 0.6) is 0 Å². The van der Waals surface area contributed by atoms with E-state index in [1.165, 1.54) is 35.7 Å². The monoisotopic (exact) mass is 281 g/mol. The fraction of sp³-hybridized carbons (Fsp3) is 0.500. The smallest absolute Gasteiger partial charge is 0.0991 e. The molecule has 0 radical (unpaired) electrons. The van der Waals surface area contributed by atoms with Gasteiger partial charge >= 0.3 is 0 Å². The lowest BCUT2D eigenvalue weighted by molar-refractivity contribution is 0.310.